The number of hydrogen-bond donors (Lipinski definition) is 2. The molecule has 178 valence electrons. The first-order valence-electron chi connectivity index (χ1n) is 8.57. The highest BCUT2D eigenvalue weighted by atomic mass is 32.2. The Kier molecular flexibility index (Phi) is 11.2. The summed E-state index contributed by atoms with van der Waals surface area (Å²) < 4.78 is 72.4. The van der Waals surface area contributed by atoms with Crippen molar-refractivity contribution in [3.8, 4) is 11.5 Å². The molecule has 2 aromatic rings. The molecule has 2 aromatic carbocycles. The molecule has 0 saturated carbocycles. The smallest absolute Gasteiger partial charge is 0.248 e. The monoisotopic (exact) mass is 559 g/mol. The van der Waals surface area contributed by atoms with Crippen molar-refractivity contribution in [1.29, 1.82) is 0 Å². The molecule has 0 saturated heterocycles. The van der Waals surface area contributed by atoms with Crippen LogP contribution in [0.5, 0.6) is 11.5 Å². The van der Waals surface area contributed by atoms with Crippen molar-refractivity contribution < 1.29 is 34.1 Å². The van der Waals surface area contributed by atoms with Crippen molar-refractivity contribution in [2.24, 2.45) is 0 Å². The number of phenols is 1. The van der Waals surface area contributed by atoms with Crippen LogP contribution in [0.1, 0.15) is 11.1 Å². The molecule has 0 aliphatic heterocycles. The highest BCUT2D eigenvalue weighted by Crippen LogP contribution is 2.54. The summed E-state index contributed by atoms with van der Waals surface area (Å²) in [6, 6.07) is 3.01. The predicted molar refractivity (Wildman–Crippen MR) is 127 cm³/mol. The molecule has 0 radical (unpaired) electrons. The SMILES string of the molecule is C=CCc1cc(C=CC(=O)Nc2c(SF)c(SF)c(SF)c(SF)c2SF)cc(OC)c1O. The van der Waals surface area contributed by atoms with E-state index in [4.69, 9.17) is 4.74 Å². The van der Waals surface area contributed by atoms with E-state index >= 15 is 0 Å². The topological polar surface area (TPSA) is 58.6 Å². The maximum atomic E-state index is 13.6. The molecule has 33 heavy (non-hydrogen) atoms. The lowest BCUT2D eigenvalue weighted by Gasteiger charge is -2.17. The van der Waals surface area contributed by atoms with Crippen LogP contribution in [0.2, 0.25) is 0 Å². The number of halogens is 5. The molecule has 0 aliphatic carbocycles. The van der Waals surface area contributed by atoms with E-state index in [1.165, 1.54) is 19.3 Å². The summed E-state index contributed by atoms with van der Waals surface area (Å²) in [6.45, 7) is 3.60. The molecule has 0 spiro atoms. The summed E-state index contributed by atoms with van der Waals surface area (Å²) in [7, 11) is 1.35. The van der Waals surface area contributed by atoms with Crippen molar-refractivity contribution in [3.05, 3.63) is 42.0 Å². The number of ether oxygens (including phenoxy) is 1. The lowest BCUT2D eigenvalue weighted by molar-refractivity contribution is -0.111. The molecule has 0 aromatic heterocycles. The fourth-order valence-corrected chi connectivity index (χ4v) is 5.55. The van der Waals surface area contributed by atoms with E-state index in [-0.39, 0.29) is 11.5 Å². The van der Waals surface area contributed by atoms with Crippen molar-refractivity contribution in [2.75, 3.05) is 12.4 Å². The van der Waals surface area contributed by atoms with Gasteiger partial charge in [0, 0.05) is 11.6 Å². The number of aromatic hydroxyl groups is 1. The molecule has 1 amide bonds. The van der Waals surface area contributed by atoms with Crippen molar-refractivity contribution in [3.63, 3.8) is 0 Å². The maximum absolute atomic E-state index is 13.6. The number of carbonyl (C=O) groups excluding carboxylic acids is 1. The third-order valence-corrected chi connectivity index (χ3v) is 7.43. The third kappa shape index (κ3) is 6.29. The molecule has 0 heterocycles. The van der Waals surface area contributed by atoms with Gasteiger partial charge in [-0.3, -0.25) is 4.79 Å². The molecular weight excluding hydrogens is 546 g/mol. The Balaban J connectivity index is 2.48. The van der Waals surface area contributed by atoms with E-state index < -0.39 is 96.8 Å². The second-order valence-corrected chi connectivity index (χ2v) is 8.77. The van der Waals surface area contributed by atoms with Crippen molar-refractivity contribution in [2.45, 2.75) is 30.9 Å². The van der Waals surface area contributed by atoms with E-state index in [0.29, 0.717) is 17.5 Å². The van der Waals surface area contributed by atoms with Gasteiger partial charge >= 0.3 is 0 Å². The number of amides is 1. The number of methoxy groups -OCH3 is 1. The Bertz CT molecular complexity index is 1040. The molecule has 0 atom stereocenters. The van der Waals surface area contributed by atoms with Gasteiger partial charge < -0.3 is 15.2 Å². The Morgan fingerprint density at radius 1 is 1.00 bits per heavy atom. The van der Waals surface area contributed by atoms with Gasteiger partial charge in [-0.05, 0) is 30.2 Å². The number of phenolic OH excluding ortho intramolecular Hbond substituents is 1. The highest BCUT2D eigenvalue weighted by Gasteiger charge is 2.29. The van der Waals surface area contributed by atoms with Gasteiger partial charge in [0.25, 0.3) is 0 Å². The van der Waals surface area contributed by atoms with E-state index in [9.17, 15) is 29.3 Å². The maximum Gasteiger partial charge on any atom is 0.248 e. The number of nitrogens with one attached hydrogen (secondary N) is 1. The van der Waals surface area contributed by atoms with Crippen molar-refractivity contribution >= 4 is 78.4 Å². The minimum atomic E-state index is -0.886. The zero-order valence-corrected chi connectivity index (χ0v) is 20.6. The van der Waals surface area contributed by atoms with Crippen LogP contribution in [-0.2, 0) is 11.2 Å². The number of anilines is 1. The molecule has 0 bridgehead atoms. The first-order valence-corrected chi connectivity index (χ1v) is 12.2. The van der Waals surface area contributed by atoms with Gasteiger partial charge in [0.15, 0.2) is 11.5 Å². The number of hydrogen-bond acceptors (Lipinski definition) is 8. The van der Waals surface area contributed by atoms with E-state index in [1.54, 1.807) is 12.1 Å². The van der Waals surface area contributed by atoms with Gasteiger partial charge in [-0.1, -0.05) is 6.08 Å². The van der Waals surface area contributed by atoms with Gasteiger partial charge in [0.05, 0.1) is 98.0 Å². The molecule has 0 unspecified atom stereocenters. The average molecular weight is 560 g/mol. The zero-order valence-electron chi connectivity index (χ0n) is 16.5. The lowest BCUT2D eigenvalue weighted by atomic mass is 10.1. The first kappa shape index (κ1) is 27.6. The third-order valence-electron chi connectivity index (χ3n) is 4.10. The van der Waals surface area contributed by atoms with Gasteiger partial charge in [0.1, 0.15) is 0 Å². The fourth-order valence-electron chi connectivity index (χ4n) is 2.70. The Morgan fingerprint density at radius 3 is 1.97 bits per heavy atom. The van der Waals surface area contributed by atoms with Crippen LogP contribution in [0, 0.1) is 0 Å². The normalized spacial score (nSPS) is 11.1. The first-order chi connectivity index (χ1) is 15.9. The van der Waals surface area contributed by atoms with Gasteiger partial charge in [-0.15, -0.1) is 6.58 Å². The van der Waals surface area contributed by atoms with Gasteiger partial charge in [-0.2, -0.15) is 19.4 Å². The summed E-state index contributed by atoms with van der Waals surface area (Å²) in [5.74, 6) is -0.829. The summed E-state index contributed by atoms with van der Waals surface area (Å²) in [6.07, 6.45) is 4.21. The standard InChI is InChI=1S/C19H14F5NO3S5/c1-3-4-10-7-9(8-11(28-2)14(10)27)5-6-12(26)25-13-15(29-20)17(31-22)19(33-24)18(32-23)16(13)30-21/h3,5-8,27H,1,4H2,2H3,(H,25,26). The number of allylic oxidation sites excluding steroid dienone is 1. The van der Waals surface area contributed by atoms with Crippen LogP contribution >= 0.6 is 60.7 Å². The Labute approximate surface area is 208 Å². The van der Waals surface area contributed by atoms with E-state index in [1.807, 2.05) is 0 Å². The summed E-state index contributed by atoms with van der Waals surface area (Å²) in [4.78, 5) is 9.34. The predicted octanol–water partition coefficient (Wildman–Crippen LogP) is 8.66. The average Bonchev–Trinajstić information content (AvgIpc) is 2.83. The van der Waals surface area contributed by atoms with Crippen LogP contribution < -0.4 is 10.1 Å². The summed E-state index contributed by atoms with van der Waals surface area (Å²) >= 11 is -2.80. The van der Waals surface area contributed by atoms with Gasteiger partial charge in [0.2, 0.25) is 5.91 Å². The molecule has 2 rings (SSSR count). The highest BCUT2D eigenvalue weighted by molar-refractivity contribution is 8.00. The van der Waals surface area contributed by atoms with E-state index in [2.05, 4.69) is 11.9 Å². The van der Waals surface area contributed by atoms with Crippen molar-refractivity contribution in [1.82, 2.24) is 0 Å². The molecule has 4 nitrogen and oxygen atoms in total. The molecule has 0 fully saturated rings. The quantitative estimate of drug-likeness (QED) is 0.161. The minimum Gasteiger partial charge on any atom is -0.504 e. The molecule has 14 heteroatoms. The molecular formula is C19H14F5NO3S5. The van der Waals surface area contributed by atoms with Gasteiger partial charge in [-0.25, -0.2) is 0 Å². The molecule has 0 aliphatic rings. The number of benzene rings is 2. The largest absolute Gasteiger partial charge is 0.504 e. The molecule has 2 N–H and O–H groups in total. The minimum absolute atomic E-state index is 0.0912. The van der Waals surface area contributed by atoms with E-state index in [0.717, 1.165) is 6.08 Å². The second-order valence-electron chi connectivity index (χ2n) is 5.95. The Hall–Kier alpha value is -1.61. The number of carbonyl (C=O) groups is 1. The Morgan fingerprint density at radius 2 is 1.52 bits per heavy atom. The lowest BCUT2D eigenvalue weighted by Crippen LogP contribution is -2.11. The zero-order chi connectivity index (χ0) is 24.5. The van der Waals surface area contributed by atoms with Crippen LogP contribution in [0.25, 0.3) is 6.08 Å². The van der Waals surface area contributed by atoms with Crippen LogP contribution in [0.15, 0.2) is 55.3 Å². The number of rotatable bonds is 11. The van der Waals surface area contributed by atoms with Crippen LogP contribution in [0.3, 0.4) is 0 Å². The second kappa shape index (κ2) is 13.3. The van der Waals surface area contributed by atoms with Crippen LogP contribution in [0.4, 0.5) is 25.1 Å². The summed E-state index contributed by atoms with van der Waals surface area (Å²) in [5, 5.41) is 12.3. The summed E-state index contributed by atoms with van der Waals surface area (Å²) in [5.41, 5.74) is 0.379. The van der Waals surface area contributed by atoms with Crippen LogP contribution in [-0.4, -0.2) is 18.1 Å². The fraction of sp³-hybridized carbons (Fsp3) is 0.105.